The normalized spacial score (nSPS) is 9.50. The van der Waals surface area contributed by atoms with Crippen LogP contribution in [-0.4, -0.2) is 16.2 Å². The molecule has 5 heteroatoms. The Labute approximate surface area is 87.9 Å². The molecule has 0 aliphatic heterocycles. The van der Waals surface area contributed by atoms with Crippen molar-refractivity contribution in [2.45, 2.75) is 0 Å². The Morgan fingerprint density at radius 1 is 1.64 bits per heavy atom. The van der Waals surface area contributed by atoms with E-state index in [0.717, 1.165) is 12.1 Å². The molecule has 1 N–H and O–H groups in total. The average Bonchev–Trinajstić information content (AvgIpc) is 2.20. The molecule has 0 fully saturated rings. The van der Waals surface area contributed by atoms with Crippen molar-refractivity contribution in [2.75, 3.05) is 5.33 Å². The maximum atomic E-state index is 13.0. The quantitative estimate of drug-likeness (QED) is 0.651. The third-order valence-corrected chi connectivity index (χ3v) is 2.12. The van der Waals surface area contributed by atoms with Crippen molar-refractivity contribution in [1.82, 2.24) is 0 Å². The molecule has 0 aliphatic carbocycles. The molecule has 1 aromatic rings. The van der Waals surface area contributed by atoms with Gasteiger partial charge in [0.1, 0.15) is 0 Å². The lowest BCUT2D eigenvalue weighted by Gasteiger charge is -2.02. The Hall–Kier alpha value is -1.41. The second-order valence-corrected chi connectivity index (χ2v) is 3.08. The molecule has 0 amide bonds. The van der Waals surface area contributed by atoms with Crippen molar-refractivity contribution < 1.29 is 14.3 Å². The minimum absolute atomic E-state index is 0.00426. The van der Waals surface area contributed by atoms with Gasteiger partial charge in [-0.3, -0.25) is 4.79 Å². The molecule has 0 unspecified atom stereocenters. The highest BCUT2D eigenvalue weighted by atomic mass is 79.9. The fourth-order valence-corrected chi connectivity index (χ4v) is 1.25. The Balaban J connectivity index is 3.36. The largest absolute Gasteiger partial charge is 0.504 e. The molecule has 0 atom stereocenters. The number of halogens is 2. The smallest absolute Gasteiger partial charge is 0.177 e. The number of Topliss-reactive ketones (excluding diaryl/α,β-unsaturated/α-hetero) is 1. The fourth-order valence-electron chi connectivity index (χ4n) is 0.948. The van der Waals surface area contributed by atoms with Gasteiger partial charge in [0, 0.05) is 0 Å². The lowest BCUT2D eigenvalue weighted by atomic mass is 10.1. The van der Waals surface area contributed by atoms with Gasteiger partial charge < -0.3 is 5.11 Å². The van der Waals surface area contributed by atoms with E-state index in [4.69, 9.17) is 5.26 Å². The van der Waals surface area contributed by atoms with Gasteiger partial charge in [0.25, 0.3) is 0 Å². The first-order valence-corrected chi connectivity index (χ1v) is 4.74. The molecule has 1 rings (SSSR count). The highest BCUT2D eigenvalue weighted by Gasteiger charge is 2.15. The highest BCUT2D eigenvalue weighted by Crippen LogP contribution is 2.23. The first-order chi connectivity index (χ1) is 6.60. The summed E-state index contributed by atoms with van der Waals surface area (Å²) in [5, 5.41) is 17.7. The van der Waals surface area contributed by atoms with Crippen LogP contribution < -0.4 is 0 Å². The molecule has 0 aromatic heterocycles. The first-order valence-electron chi connectivity index (χ1n) is 3.62. The molecule has 0 aliphatic rings. The third-order valence-electron chi connectivity index (χ3n) is 1.61. The summed E-state index contributed by atoms with van der Waals surface area (Å²) >= 11 is 2.89. The SMILES string of the molecule is N#Cc1cc(F)c(O)c(C(=O)CBr)c1. The van der Waals surface area contributed by atoms with Crippen molar-refractivity contribution in [2.24, 2.45) is 0 Å². The maximum absolute atomic E-state index is 13.0. The number of benzene rings is 1. The van der Waals surface area contributed by atoms with Crippen molar-refractivity contribution in [1.29, 1.82) is 5.26 Å². The predicted octanol–water partition coefficient (Wildman–Crippen LogP) is 1.98. The van der Waals surface area contributed by atoms with Crippen LogP contribution in [0, 0.1) is 17.1 Å². The molecule has 0 saturated heterocycles. The summed E-state index contributed by atoms with van der Waals surface area (Å²) in [6.07, 6.45) is 0. The van der Waals surface area contributed by atoms with E-state index in [1.165, 1.54) is 0 Å². The van der Waals surface area contributed by atoms with E-state index in [0.29, 0.717) is 0 Å². The predicted molar refractivity (Wildman–Crippen MR) is 50.9 cm³/mol. The topological polar surface area (TPSA) is 61.1 Å². The van der Waals surface area contributed by atoms with Crippen molar-refractivity contribution in [3.63, 3.8) is 0 Å². The van der Waals surface area contributed by atoms with Gasteiger partial charge in [-0.1, -0.05) is 15.9 Å². The number of ketones is 1. The molecular formula is C9H5BrFNO2. The lowest BCUT2D eigenvalue weighted by Crippen LogP contribution is -2.02. The average molecular weight is 258 g/mol. The van der Waals surface area contributed by atoms with Gasteiger partial charge in [-0.25, -0.2) is 4.39 Å². The number of hydrogen-bond donors (Lipinski definition) is 1. The van der Waals surface area contributed by atoms with E-state index < -0.39 is 17.3 Å². The number of phenolic OH excluding ortho intramolecular Hbond substituents is 1. The highest BCUT2D eigenvalue weighted by molar-refractivity contribution is 9.09. The molecule has 72 valence electrons. The minimum atomic E-state index is -0.964. The van der Waals surface area contributed by atoms with E-state index >= 15 is 0 Å². The summed E-state index contributed by atoms with van der Waals surface area (Å²) in [6, 6.07) is 3.73. The molecule has 0 heterocycles. The van der Waals surface area contributed by atoms with E-state index in [2.05, 4.69) is 15.9 Å². The van der Waals surface area contributed by atoms with Crippen LogP contribution in [0.2, 0.25) is 0 Å². The summed E-state index contributed by atoms with van der Waals surface area (Å²) in [4.78, 5) is 11.2. The van der Waals surface area contributed by atoms with Crippen LogP contribution in [0.3, 0.4) is 0 Å². The van der Waals surface area contributed by atoms with Gasteiger partial charge in [0.05, 0.1) is 22.5 Å². The Morgan fingerprint density at radius 3 is 2.79 bits per heavy atom. The van der Waals surface area contributed by atoms with Crippen LogP contribution in [0.4, 0.5) is 4.39 Å². The van der Waals surface area contributed by atoms with Gasteiger partial charge >= 0.3 is 0 Å². The van der Waals surface area contributed by atoms with Crippen molar-refractivity contribution in [3.05, 3.63) is 29.1 Å². The van der Waals surface area contributed by atoms with E-state index in [-0.39, 0.29) is 16.5 Å². The maximum Gasteiger partial charge on any atom is 0.177 e. The van der Waals surface area contributed by atoms with Gasteiger partial charge in [-0.05, 0) is 12.1 Å². The second kappa shape index (κ2) is 4.20. The molecule has 14 heavy (non-hydrogen) atoms. The van der Waals surface area contributed by atoms with Crippen LogP contribution in [0.1, 0.15) is 15.9 Å². The Morgan fingerprint density at radius 2 is 2.29 bits per heavy atom. The molecular weight excluding hydrogens is 253 g/mol. The van der Waals surface area contributed by atoms with Crippen LogP contribution >= 0.6 is 15.9 Å². The standard InChI is InChI=1S/C9H5BrFNO2/c10-3-8(13)6-1-5(4-12)2-7(11)9(6)14/h1-2,14H,3H2. The van der Waals surface area contributed by atoms with Crippen LogP contribution in [0.15, 0.2) is 12.1 Å². The number of alkyl halides is 1. The van der Waals surface area contributed by atoms with Crippen LogP contribution in [0.25, 0.3) is 0 Å². The van der Waals surface area contributed by atoms with E-state index in [9.17, 15) is 14.3 Å². The molecule has 0 radical (unpaired) electrons. The molecule has 0 saturated carbocycles. The Bertz CT molecular complexity index is 426. The summed E-state index contributed by atoms with van der Waals surface area (Å²) in [5.41, 5.74) is -0.178. The number of nitriles is 1. The summed E-state index contributed by atoms with van der Waals surface area (Å²) in [6.45, 7) is 0. The number of carbonyl (C=O) groups excluding carboxylic acids is 1. The Kier molecular flexibility index (Phi) is 3.20. The van der Waals surface area contributed by atoms with Crippen molar-refractivity contribution in [3.8, 4) is 11.8 Å². The molecule has 0 bridgehead atoms. The second-order valence-electron chi connectivity index (χ2n) is 2.52. The lowest BCUT2D eigenvalue weighted by molar-refractivity contribution is 0.102. The van der Waals surface area contributed by atoms with Crippen LogP contribution in [0.5, 0.6) is 5.75 Å². The summed E-state index contributed by atoms with van der Waals surface area (Å²) in [7, 11) is 0. The summed E-state index contributed by atoms with van der Waals surface area (Å²) < 4.78 is 13.0. The summed E-state index contributed by atoms with van der Waals surface area (Å²) in [5.74, 6) is -2.15. The molecule has 1 aromatic carbocycles. The number of carbonyl (C=O) groups is 1. The van der Waals surface area contributed by atoms with Crippen LogP contribution in [-0.2, 0) is 0 Å². The third kappa shape index (κ3) is 1.91. The van der Waals surface area contributed by atoms with E-state index in [1.807, 2.05) is 0 Å². The fraction of sp³-hybridized carbons (Fsp3) is 0.111. The van der Waals surface area contributed by atoms with Gasteiger partial charge in [0.15, 0.2) is 17.3 Å². The zero-order chi connectivity index (χ0) is 10.7. The minimum Gasteiger partial charge on any atom is -0.504 e. The number of aromatic hydroxyl groups is 1. The van der Waals surface area contributed by atoms with Gasteiger partial charge in [-0.2, -0.15) is 5.26 Å². The number of nitrogens with zero attached hydrogens (tertiary/aromatic N) is 1. The zero-order valence-corrected chi connectivity index (χ0v) is 8.51. The van der Waals surface area contributed by atoms with Gasteiger partial charge in [0.2, 0.25) is 0 Å². The van der Waals surface area contributed by atoms with Crippen molar-refractivity contribution >= 4 is 21.7 Å². The number of phenols is 1. The van der Waals surface area contributed by atoms with Gasteiger partial charge in [-0.15, -0.1) is 0 Å². The molecule has 3 nitrogen and oxygen atoms in total. The molecule has 0 spiro atoms. The number of rotatable bonds is 2. The number of hydrogen-bond acceptors (Lipinski definition) is 3. The van der Waals surface area contributed by atoms with E-state index in [1.54, 1.807) is 6.07 Å². The first kappa shape index (κ1) is 10.7. The zero-order valence-electron chi connectivity index (χ0n) is 6.92. The monoisotopic (exact) mass is 257 g/mol.